The van der Waals surface area contributed by atoms with Gasteiger partial charge in [-0.3, -0.25) is 4.79 Å². The zero-order valence-corrected chi connectivity index (χ0v) is 8.01. The summed E-state index contributed by atoms with van der Waals surface area (Å²) in [6.07, 6.45) is 4.85. The first-order valence-electron chi connectivity index (χ1n) is 4.04. The Bertz CT molecular complexity index is 147. The van der Waals surface area contributed by atoms with Crippen LogP contribution in [0.3, 0.4) is 0 Å². The minimum atomic E-state index is -0.656. The number of carbonyl (C=O) groups is 1. The van der Waals surface area contributed by atoms with Gasteiger partial charge in [0.1, 0.15) is 0 Å². The number of rotatable bonds is 2. The molecule has 0 aromatic rings. The number of hydrogen-bond acceptors (Lipinski definition) is 1. The molecule has 1 aliphatic carbocycles. The summed E-state index contributed by atoms with van der Waals surface area (Å²) >= 11 is 3.53. The van der Waals surface area contributed by atoms with Gasteiger partial charge in [0.25, 0.3) is 0 Å². The first kappa shape index (κ1) is 9.04. The molecule has 64 valence electrons. The number of aliphatic carboxylic acids is 1. The molecule has 0 aliphatic heterocycles. The van der Waals surface area contributed by atoms with E-state index >= 15 is 0 Å². The fraction of sp³-hybridized carbons (Fsp3) is 0.875. The van der Waals surface area contributed by atoms with E-state index in [4.69, 9.17) is 5.11 Å². The van der Waals surface area contributed by atoms with Crippen LogP contribution in [0.5, 0.6) is 0 Å². The third-order valence-corrected chi connectivity index (χ3v) is 3.01. The molecule has 0 bridgehead atoms. The molecule has 1 saturated carbocycles. The van der Waals surface area contributed by atoms with Crippen LogP contribution in [-0.4, -0.2) is 15.9 Å². The van der Waals surface area contributed by atoms with E-state index in [2.05, 4.69) is 15.9 Å². The predicted octanol–water partition coefficient (Wildman–Crippen LogP) is 2.41. The van der Waals surface area contributed by atoms with Crippen molar-refractivity contribution in [1.29, 1.82) is 0 Å². The van der Waals surface area contributed by atoms with Gasteiger partial charge in [-0.15, -0.1) is 0 Å². The lowest BCUT2D eigenvalue weighted by atomic mass is 9.87. The second-order valence-corrected chi connectivity index (χ2v) is 4.52. The van der Waals surface area contributed by atoms with Crippen molar-refractivity contribution < 1.29 is 9.90 Å². The maximum Gasteiger partial charge on any atom is 0.303 e. The summed E-state index contributed by atoms with van der Waals surface area (Å²) in [6, 6.07) is 0. The molecule has 1 aliphatic rings. The third kappa shape index (κ3) is 3.23. The summed E-state index contributed by atoms with van der Waals surface area (Å²) in [5.74, 6) is -0.248. The Morgan fingerprint density at radius 1 is 1.55 bits per heavy atom. The summed E-state index contributed by atoms with van der Waals surface area (Å²) in [5, 5.41) is 8.54. The van der Waals surface area contributed by atoms with Crippen molar-refractivity contribution >= 4 is 21.9 Å². The highest BCUT2D eigenvalue weighted by Crippen LogP contribution is 2.30. The molecule has 11 heavy (non-hydrogen) atoms. The zero-order valence-electron chi connectivity index (χ0n) is 6.42. The molecular formula is C8H13BrO2. The van der Waals surface area contributed by atoms with E-state index in [0.717, 1.165) is 12.8 Å². The molecular weight excluding hydrogens is 208 g/mol. The normalized spacial score (nSPS) is 31.7. The van der Waals surface area contributed by atoms with E-state index in [1.165, 1.54) is 12.8 Å². The van der Waals surface area contributed by atoms with Crippen LogP contribution in [0.1, 0.15) is 32.1 Å². The molecule has 2 atom stereocenters. The summed E-state index contributed by atoms with van der Waals surface area (Å²) in [5.41, 5.74) is 0. The number of carboxylic acid groups (broad SMARTS) is 1. The van der Waals surface area contributed by atoms with Crippen LogP contribution in [-0.2, 0) is 4.79 Å². The fourth-order valence-corrected chi connectivity index (χ4v) is 2.51. The molecule has 2 unspecified atom stereocenters. The second kappa shape index (κ2) is 4.10. The molecule has 1 rings (SSSR count). The predicted molar refractivity (Wildman–Crippen MR) is 46.9 cm³/mol. The van der Waals surface area contributed by atoms with Gasteiger partial charge in [0.15, 0.2) is 0 Å². The molecule has 0 spiro atoms. The SMILES string of the molecule is O=C(O)CC1CCCC(Br)C1. The lowest BCUT2D eigenvalue weighted by Crippen LogP contribution is -2.17. The van der Waals surface area contributed by atoms with Gasteiger partial charge in [-0.05, 0) is 25.2 Å². The highest BCUT2D eigenvalue weighted by atomic mass is 79.9. The Labute approximate surface area is 75.1 Å². The van der Waals surface area contributed by atoms with E-state index in [1.807, 2.05) is 0 Å². The summed E-state index contributed by atoms with van der Waals surface area (Å²) in [4.78, 5) is 10.9. The van der Waals surface area contributed by atoms with Gasteiger partial charge in [0, 0.05) is 11.2 Å². The Kier molecular flexibility index (Phi) is 3.37. The lowest BCUT2D eigenvalue weighted by molar-refractivity contribution is -0.138. The van der Waals surface area contributed by atoms with Gasteiger partial charge in [-0.1, -0.05) is 22.4 Å². The topological polar surface area (TPSA) is 37.3 Å². The fourth-order valence-electron chi connectivity index (χ4n) is 1.66. The monoisotopic (exact) mass is 220 g/mol. The minimum Gasteiger partial charge on any atom is -0.481 e. The van der Waals surface area contributed by atoms with Crippen molar-refractivity contribution in [2.75, 3.05) is 0 Å². The second-order valence-electron chi connectivity index (χ2n) is 3.23. The van der Waals surface area contributed by atoms with Gasteiger partial charge in [0.05, 0.1) is 0 Å². The lowest BCUT2D eigenvalue weighted by Gasteiger charge is -2.23. The summed E-state index contributed by atoms with van der Waals surface area (Å²) < 4.78 is 0. The molecule has 0 saturated heterocycles. The molecule has 2 nitrogen and oxygen atoms in total. The zero-order chi connectivity index (χ0) is 8.27. The average molecular weight is 221 g/mol. The number of halogens is 1. The standard InChI is InChI=1S/C8H13BrO2/c9-7-3-1-2-6(4-7)5-8(10)11/h6-7H,1-5H2,(H,10,11). The molecule has 3 heteroatoms. The molecule has 1 N–H and O–H groups in total. The molecule has 0 radical (unpaired) electrons. The molecule has 0 aromatic heterocycles. The molecule has 0 amide bonds. The summed E-state index contributed by atoms with van der Waals surface area (Å²) in [7, 11) is 0. The first-order chi connectivity index (χ1) is 5.18. The van der Waals surface area contributed by atoms with Gasteiger partial charge in [0.2, 0.25) is 0 Å². The number of carboxylic acids is 1. The van der Waals surface area contributed by atoms with E-state index in [1.54, 1.807) is 0 Å². The van der Waals surface area contributed by atoms with Crippen molar-refractivity contribution in [2.24, 2.45) is 5.92 Å². The molecule has 0 heterocycles. The van der Waals surface area contributed by atoms with Crippen LogP contribution in [0.25, 0.3) is 0 Å². The van der Waals surface area contributed by atoms with Gasteiger partial charge in [-0.2, -0.15) is 0 Å². The average Bonchev–Trinajstić information content (AvgIpc) is 1.85. The van der Waals surface area contributed by atoms with Gasteiger partial charge in [-0.25, -0.2) is 0 Å². The van der Waals surface area contributed by atoms with Crippen LogP contribution >= 0.6 is 15.9 Å². The van der Waals surface area contributed by atoms with E-state index in [9.17, 15) is 4.79 Å². The van der Waals surface area contributed by atoms with Crippen LogP contribution < -0.4 is 0 Å². The van der Waals surface area contributed by atoms with E-state index in [0.29, 0.717) is 17.2 Å². The van der Waals surface area contributed by atoms with Crippen LogP contribution in [0, 0.1) is 5.92 Å². The Hall–Kier alpha value is -0.0500. The summed E-state index contributed by atoms with van der Waals surface area (Å²) in [6.45, 7) is 0. The van der Waals surface area contributed by atoms with Crippen molar-refractivity contribution in [3.05, 3.63) is 0 Å². The Morgan fingerprint density at radius 2 is 2.27 bits per heavy atom. The Morgan fingerprint density at radius 3 is 2.82 bits per heavy atom. The van der Waals surface area contributed by atoms with Gasteiger partial charge < -0.3 is 5.11 Å². The highest BCUT2D eigenvalue weighted by Gasteiger charge is 2.21. The minimum absolute atomic E-state index is 0.349. The number of alkyl halides is 1. The van der Waals surface area contributed by atoms with Crippen molar-refractivity contribution in [2.45, 2.75) is 36.9 Å². The highest BCUT2D eigenvalue weighted by molar-refractivity contribution is 9.09. The maximum absolute atomic E-state index is 10.4. The largest absolute Gasteiger partial charge is 0.481 e. The van der Waals surface area contributed by atoms with E-state index < -0.39 is 5.97 Å². The van der Waals surface area contributed by atoms with Crippen LogP contribution in [0.15, 0.2) is 0 Å². The van der Waals surface area contributed by atoms with Crippen LogP contribution in [0.4, 0.5) is 0 Å². The first-order valence-corrected chi connectivity index (χ1v) is 4.96. The molecule has 0 aromatic carbocycles. The maximum atomic E-state index is 10.4. The van der Waals surface area contributed by atoms with Crippen molar-refractivity contribution in [1.82, 2.24) is 0 Å². The third-order valence-electron chi connectivity index (χ3n) is 2.18. The van der Waals surface area contributed by atoms with Crippen molar-refractivity contribution in [3.8, 4) is 0 Å². The number of hydrogen-bond donors (Lipinski definition) is 1. The van der Waals surface area contributed by atoms with Crippen molar-refractivity contribution in [3.63, 3.8) is 0 Å². The van der Waals surface area contributed by atoms with Crippen LogP contribution in [0.2, 0.25) is 0 Å². The van der Waals surface area contributed by atoms with E-state index in [-0.39, 0.29) is 0 Å². The Balaban J connectivity index is 2.28. The molecule has 1 fully saturated rings. The smallest absolute Gasteiger partial charge is 0.303 e. The quantitative estimate of drug-likeness (QED) is 0.727. The van der Waals surface area contributed by atoms with Gasteiger partial charge >= 0.3 is 5.97 Å².